The monoisotopic (exact) mass is 563 g/mol. The predicted octanol–water partition coefficient (Wildman–Crippen LogP) is 5.10. The second-order valence-electron chi connectivity index (χ2n) is 9.97. The topological polar surface area (TPSA) is 108 Å². The number of carbonyl (C=O) groups excluding carboxylic acids is 3. The lowest BCUT2D eigenvalue weighted by atomic mass is 10.00. The minimum absolute atomic E-state index is 0.127. The van der Waals surface area contributed by atoms with Crippen LogP contribution in [-0.4, -0.2) is 64.7 Å². The molecule has 0 aromatic heterocycles. The fourth-order valence-corrected chi connectivity index (χ4v) is 4.65. The van der Waals surface area contributed by atoms with E-state index < -0.39 is 35.6 Å². The Morgan fingerprint density at radius 1 is 1.13 bits per heavy atom. The number of nitrogens with zero attached hydrogens (tertiary/aromatic N) is 1. The quantitative estimate of drug-likeness (QED) is 0.351. The van der Waals surface area contributed by atoms with Crippen LogP contribution >= 0.6 is 23.4 Å². The largest absolute Gasteiger partial charge is 0.444 e. The summed E-state index contributed by atoms with van der Waals surface area (Å²) in [6.07, 6.45) is 1.48. The Balaban J connectivity index is 2.52. The second-order valence-corrected chi connectivity index (χ2v) is 11.4. The predicted molar refractivity (Wildman–Crippen MR) is 154 cm³/mol. The maximum atomic E-state index is 14.0. The normalized spacial score (nSPS) is 12.8. The van der Waals surface area contributed by atoms with Crippen molar-refractivity contribution in [1.29, 1.82) is 0 Å². The van der Waals surface area contributed by atoms with E-state index in [0.717, 1.165) is 11.1 Å². The summed E-state index contributed by atoms with van der Waals surface area (Å²) in [6, 6.07) is 10.5. The van der Waals surface area contributed by atoms with Crippen molar-refractivity contribution >= 4 is 47.0 Å². The third-order valence-electron chi connectivity index (χ3n) is 5.61. The number of nitrogens with one attached hydrogen (secondary N) is 2. The number of thioether (sulfide) groups is 1. The van der Waals surface area contributed by atoms with E-state index in [-0.39, 0.29) is 13.2 Å². The van der Waals surface area contributed by atoms with Crippen LogP contribution in [-0.2, 0) is 14.3 Å². The molecule has 0 saturated carbocycles. The number of hydrogen-bond donors (Lipinski definition) is 3. The Kier molecular flexibility index (Phi) is 11.9. The number of carbonyl (C=O) groups is 3. The number of ether oxygens (including phenoxy) is 1. The molecular weight excluding hydrogens is 526 g/mol. The molecule has 0 heterocycles. The molecule has 0 fully saturated rings. The zero-order valence-corrected chi connectivity index (χ0v) is 24.4. The highest BCUT2D eigenvalue weighted by Gasteiger charge is 2.36. The lowest BCUT2D eigenvalue weighted by Gasteiger charge is -2.34. The molecule has 10 heteroatoms. The summed E-state index contributed by atoms with van der Waals surface area (Å²) >= 11 is 7.90. The number of aliphatic hydroxyl groups is 1. The highest BCUT2D eigenvalue weighted by atomic mass is 35.5. The van der Waals surface area contributed by atoms with Crippen molar-refractivity contribution in [2.45, 2.75) is 58.7 Å². The number of rotatable bonds is 11. The molecule has 2 aromatic carbocycles. The number of aryl methyl sites for hydroxylation is 2. The van der Waals surface area contributed by atoms with Gasteiger partial charge in [-0.15, -0.1) is 0 Å². The third-order valence-corrected chi connectivity index (χ3v) is 6.57. The molecule has 38 heavy (non-hydrogen) atoms. The summed E-state index contributed by atoms with van der Waals surface area (Å²) in [5, 5.41) is 15.8. The van der Waals surface area contributed by atoms with Crippen molar-refractivity contribution in [3.05, 3.63) is 64.2 Å². The molecule has 0 aliphatic rings. The average molecular weight is 564 g/mol. The van der Waals surface area contributed by atoms with Gasteiger partial charge in [0.05, 0.1) is 17.3 Å². The zero-order chi connectivity index (χ0) is 28.5. The van der Waals surface area contributed by atoms with Gasteiger partial charge in [0.1, 0.15) is 17.7 Å². The van der Waals surface area contributed by atoms with E-state index in [1.807, 2.05) is 38.3 Å². The second kappa shape index (κ2) is 14.4. The van der Waals surface area contributed by atoms with Crippen LogP contribution in [0.3, 0.4) is 0 Å². The van der Waals surface area contributed by atoms with Crippen molar-refractivity contribution < 1.29 is 24.2 Å². The highest BCUT2D eigenvalue weighted by molar-refractivity contribution is 7.98. The molecule has 8 nitrogen and oxygen atoms in total. The fourth-order valence-electron chi connectivity index (χ4n) is 3.91. The Labute approximate surface area is 234 Å². The lowest BCUT2D eigenvalue weighted by Crippen LogP contribution is -2.53. The smallest absolute Gasteiger partial charge is 0.408 e. The van der Waals surface area contributed by atoms with Gasteiger partial charge in [-0.25, -0.2) is 4.79 Å². The molecule has 3 N–H and O–H groups in total. The van der Waals surface area contributed by atoms with Crippen LogP contribution in [0.15, 0.2) is 42.5 Å². The van der Waals surface area contributed by atoms with Gasteiger partial charge in [0.15, 0.2) is 0 Å². The molecule has 208 valence electrons. The summed E-state index contributed by atoms with van der Waals surface area (Å²) < 4.78 is 5.38. The van der Waals surface area contributed by atoms with Crippen molar-refractivity contribution in [1.82, 2.24) is 10.2 Å². The first-order chi connectivity index (χ1) is 17.9. The number of benzene rings is 2. The Morgan fingerprint density at radius 3 is 2.39 bits per heavy atom. The van der Waals surface area contributed by atoms with E-state index >= 15 is 0 Å². The number of para-hydroxylation sites is 1. The number of halogens is 1. The SMILES string of the molecule is CSCCC(NC(=O)OC(C)(C)C)C(=O)N(CCO)C(C(=O)Nc1c(C)cccc1Cl)c1cccc(C)c1. The van der Waals surface area contributed by atoms with Gasteiger partial charge in [-0.2, -0.15) is 11.8 Å². The van der Waals surface area contributed by atoms with Gasteiger partial charge in [0.25, 0.3) is 5.91 Å². The van der Waals surface area contributed by atoms with Gasteiger partial charge >= 0.3 is 6.09 Å². The van der Waals surface area contributed by atoms with Crippen molar-refractivity contribution in [2.24, 2.45) is 0 Å². The molecule has 2 aromatic rings. The van der Waals surface area contributed by atoms with Gasteiger partial charge in [0.2, 0.25) is 5.91 Å². The van der Waals surface area contributed by atoms with Crippen molar-refractivity contribution in [2.75, 3.05) is 30.5 Å². The van der Waals surface area contributed by atoms with Crippen LogP contribution in [0.1, 0.15) is 49.9 Å². The molecule has 0 radical (unpaired) electrons. The molecule has 0 spiro atoms. The van der Waals surface area contributed by atoms with E-state index in [0.29, 0.717) is 28.4 Å². The summed E-state index contributed by atoms with van der Waals surface area (Å²) in [5.41, 5.74) is 1.92. The molecule has 2 rings (SSSR count). The number of alkyl carbamates (subject to hydrolysis) is 1. The fraction of sp³-hybridized carbons (Fsp3) is 0.464. The van der Waals surface area contributed by atoms with Crippen LogP contribution in [0.25, 0.3) is 0 Å². The minimum Gasteiger partial charge on any atom is -0.444 e. The first-order valence-corrected chi connectivity index (χ1v) is 14.2. The van der Waals surface area contributed by atoms with Gasteiger partial charge < -0.3 is 25.4 Å². The van der Waals surface area contributed by atoms with Gasteiger partial charge in [-0.05, 0) is 70.2 Å². The molecule has 0 saturated heterocycles. The lowest BCUT2D eigenvalue weighted by molar-refractivity contribution is -0.141. The first kappa shape index (κ1) is 31.5. The molecule has 3 amide bonds. The van der Waals surface area contributed by atoms with E-state index in [1.54, 1.807) is 45.0 Å². The average Bonchev–Trinajstić information content (AvgIpc) is 2.82. The van der Waals surface area contributed by atoms with Crippen molar-refractivity contribution in [3.8, 4) is 0 Å². The number of aliphatic hydroxyl groups excluding tert-OH is 1. The van der Waals surface area contributed by atoms with Crippen molar-refractivity contribution in [3.63, 3.8) is 0 Å². The van der Waals surface area contributed by atoms with Crippen LogP contribution in [0.5, 0.6) is 0 Å². The van der Waals surface area contributed by atoms with Gasteiger partial charge in [-0.3, -0.25) is 9.59 Å². The number of anilines is 1. The molecule has 0 aliphatic heterocycles. The van der Waals surface area contributed by atoms with Crippen LogP contribution in [0.2, 0.25) is 5.02 Å². The van der Waals surface area contributed by atoms with Crippen LogP contribution in [0, 0.1) is 13.8 Å². The molecule has 0 bridgehead atoms. The maximum absolute atomic E-state index is 14.0. The molecule has 2 unspecified atom stereocenters. The highest BCUT2D eigenvalue weighted by Crippen LogP contribution is 2.30. The van der Waals surface area contributed by atoms with Gasteiger partial charge in [-0.1, -0.05) is 53.6 Å². The van der Waals surface area contributed by atoms with E-state index in [4.69, 9.17) is 16.3 Å². The third kappa shape index (κ3) is 9.22. The van der Waals surface area contributed by atoms with Crippen LogP contribution in [0.4, 0.5) is 10.5 Å². The number of amides is 3. The Hall–Kier alpha value is -2.75. The molecule has 0 aliphatic carbocycles. The Morgan fingerprint density at radius 2 is 1.82 bits per heavy atom. The van der Waals surface area contributed by atoms with Crippen LogP contribution < -0.4 is 10.6 Å². The maximum Gasteiger partial charge on any atom is 0.408 e. The number of hydrogen-bond acceptors (Lipinski definition) is 6. The van der Waals surface area contributed by atoms with Gasteiger partial charge in [0, 0.05) is 6.54 Å². The summed E-state index contributed by atoms with van der Waals surface area (Å²) in [4.78, 5) is 41.7. The zero-order valence-electron chi connectivity index (χ0n) is 22.8. The summed E-state index contributed by atoms with van der Waals surface area (Å²) in [7, 11) is 0. The minimum atomic E-state index is -1.09. The summed E-state index contributed by atoms with van der Waals surface area (Å²) in [6.45, 7) is 8.41. The van der Waals surface area contributed by atoms with E-state index in [9.17, 15) is 19.5 Å². The Bertz CT molecular complexity index is 1100. The first-order valence-electron chi connectivity index (χ1n) is 12.4. The summed E-state index contributed by atoms with van der Waals surface area (Å²) in [5.74, 6) is -0.412. The molecule has 2 atom stereocenters. The van der Waals surface area contributed by atoms with E-state index in [1.165, 1.54) is 16.7 Å². The van der Waals surface area contributed by atoms with E-state index in [2.05, 4.69) is 10.6 Å². The molecular formula is C28H38ClN3O5S. The standard InChI is InChI=1S/C28H38ClN3O5S/c1-18-9-7-11-20(17-18)24(25(34)31-23-19(2)10-8-12-21(23)29)32(14-15-33)26(35)22(13-16-38-6)30-27(36)37-28(3,4)5/h7-12,17,22,24,33H,13-16H2,1-6H3,(H,30,36)(H,31,34).